The third-order valence-electron chi connectivity index (χ3n) is 4.58. The van der Waals surface area contributed by atoms with Gasteiger partial charge in [-0.25, -0.2) is 0 Å². The first-order valence-electron chi connectivity index (χ1n) is 9.48. The van der Waals surface area contributed by atoms with Crippen LogP contribution in [0.25, 0.3) is 0 Å². The van der Waals surface area contributed by atoms with Gasteiger partial charge in [-0.15, -0.1) is 24.0 Å². The maximum atomic E-state index is 5.65. The van der Waals surface area contributed by atoms with Crippen molar-refractivity contribution in [1.82, 2.24) is 10.6 Å². The van der Waals surface area contributed by atoms with Crippen LogP contribution in [0.15, 0.2) is 29.3 Å². The standard InChI is InChI=1S/C20H33N3O2S.HI/c1-4-24-10-11-25-15-17-7-5-6-16(12-17)14-22-20(21-2)23-18-8-9-19(13-18)26-3;/h5-7,12,18-19H,4,8-11,13-15H2,1-3H3,(H2,21,22,23);1H. The molecule has 1 saturated carbocycles. The minimum absolute atomic E-state index is 0. The average Bonchev–Trinajstić information content (AvgIpc) is 3.13. The minimum Gasteiger partial charge on any atom is -0.379 e. The molecule has 0 spiro atoms. The maximum absolute atomic E-state index is 5.65. The molecule has 0 aliphatic heterocycles. The summed E-state index contributed by atoms with van der Waals surface area (Å²) < 4.78 is 10.9. The van der Waals surface area contributed by atoms with Gasteiger partial charge >= 0.3 is 0 Å². The van der Waals surface area contributed by atoms with Gasteiger partial charge in [-0.2, -0.15) is 11.8 Å². The number of benzene rings is 1. The fourth-order valence-corrected chi connectivity index (χ4v) is 3.94. The van der Waals surface area contributed by atoms with Gasteiger partial charge in [-0.3, -0.25) is 4.99 Å². The molecule has 1 aromatic carbocycles. The number of ether oxygens (including phenoxy) is 2. The van der Waals surface area contributed by atoms with Gasteiger partial charge in [0.1, 0.15) is 0 Å². The molecule has 2 N–H and O–H groups in total. The van der Waals surface area contributed by atoms with Gasteiger partial charge in [0.25, 0.3) is 0 Å². The van der Waals surface area contributed by atoms with E-state index in [9.17, 15) is 0 Å². The van der Waals surface area contributed by atoms with E-state index in [1.54, 1.807) is 0 Å². The molecule has 0 aromatic heterocycles. The SMILES string of the molecule is CCOCCOCc1cccc(CNC(=NC)NC2CCC(SC)C2)c1.I. The van der Waals surface area contributed by atoms with Crippen LogP contribution < -0.4 is 10.6 Å². The molecule has 2 rings (SSSR count). The molecule has 0 heterocycles. The van der Waals surface area contributed by atoms with Crippen molar-refractivity contribution >= 4 is 41.7 Å². The Hall–Kier alpha value is -0.510. The number of nitrogens with zero attached hydrogens (tertiary/aromatic N) is 1. The third-order valence-corrected chi connectivity index (χ3v) is 5.67. The van der Waals surface area contributed by atoms with Crippen molar-refractivity contribution in [2.45, 2.75) is 50.6 Å². The Balaban J connectivity index is 0.00000364. The fraction of sp³-hybridized carbons (Fsp3) is 0.650. The highest BCUT2D eigenvalue weighted by molar-refractivity contribution is 14.0. The van der Waals surface area contributed by atoms with Crippen molar-refractivity contribution in [2.24, 2.45) is 4.99 Å². The number of hydrogen-bond acceptors (Lipinski definition) is 4. The molecular weight excluding hydrogens is 473 g/mol. The molecule has 0 saturated heterocycles. The lowest BCUT2D eigenvalue weighted by Crippen LogP contribution is -2.42. The van der Waals surface area contributed by atoms with E-state index in [4.69, 9.17) is 9.47 Å². The molecule has 1 aliphatic carbocycles. The van der Waals surface area contributed by atoms with Crippen molar-refractivity contribution < 1.29 is 9.47 Å². The molecule has 7 heteroatoms. The van der Waals surface area contributed by atoms with E-state index in [1.807, 2.05) is 25.7 Å². The van der Waals surface area contributed by atoms with E-state index in [0.29, 0.717) is 25.9 Å². The zero-order valence-corrected chi connectivity index (χ0v) is 19.8. The molecule has 1 aromatic rings. The number of guanidine groups is 1. The van der Waals surface area contributed by atoms with Crippen molar-refractivity contribution in [3.05, 3.63) is 35.4 Å². The Kier molecular flexibility index (Phi) is 13.2. The second kappa shape index (κ2) is 14.5. The second-order valence-corrected chi connectivity index (χ2v) is 7.65. The second-order valence-electron chi connectivity index (χ2n) is 6.51. The van der Waals surface area contributed by atoms with E-state index < -0.39 is 0 Å². The zero-order chi connectivity index (χ0) is 18.6. The molecule has 0 bridgehead atoms. The van der Waals surface area contributed by atoms with Gasteiger partial charge in [0, 0.05) is 31.5 Å². The van der Waals surface area contributed by atoms with Crippen LogP contribution in [0.2, 0.25) is 0 Å². The number of nitrogens with one attached hydrogen (secondary N) is 2. The van der Waals surface area contributed by atoms with Gasteiger partial charge in [-0.05, 0) is 43.6 Å². The Morgan fingerprint density at radius 2 is 2.00 bits per heavy atom. The minimum atomic E-state index is 0. The Bertz CT molecular complexity index is 560. The summed E-state index contributed by atoms with van der Waals surface area (Å²) in [7, 11) is 1.83. The van der Waals surface area contributed by atoms with Crippen LogP contribution in [-0.4, -0.2) is 50.4 Å². The molecule has 0 amide bonds. The highest BCUT2D eigenvalue weighted by Gasteiger charge is 2.24. The number of halogens is 1. The van der Waals surface area contributed by atoms with Crippen LogP contribution in [0.4, 0.5) is 0 Å². The molecule has 154 valence electrons. The number of thioether (sulfide) groups is 1. The van der Waals surface area contributed by atoms with Gasteiger partial charge in [0.2, 0.25) is 0 Å². The lowest BCUT2D eigenvalue weighted by molar-refractivity contribution is 0.0453. The lowest BCUT2D eigenvalue weighted by atomic mass is 10.1. The predicted molar refractivity (Wildman–Crippen MR) is 126 cm³/mol. The van der Waals surface area contributed by atoms with Gasteiger partial charge in [0.15, 0.2) is 5.96 Å². The first-order valence-corrected chi connectivity index (χ1v) is 10.8. The third kappa shape index (κ3) is 9.49. The molecule has 1 fully saturated rings. The van der Waals surface area contributed by atoms with Crippen LogP contribution in [0.3, 0.4) is 0 Å². The molecule has 27 heavy (non-hydrogen) atoms. The van der Waals surface area contributed by atoms with E-state index in [1.165, 1.54) is 30.4 Å². The first kappa shape index (κ1) is 24.5. The van der Waals surface area contributed by atoms with Crippen molar-refractivity contribution in [2.75, 3.05) is 33.1 Å². The number of hydrogen-bond donors (Lipinski definition) is 2. The van der Waals surface area contributed by atoms with Crippen molar-refractivity contribution in [3.8, 4) is 0 Å². The lowest BCUT2D eigenvalue weighted by Gasteiger charge is -2.17. The largest absolute Gasteiger partial charge is 0.379 e. The molecular formula is C20H34IN3O2S. The van der Waals surface area contributed by atoms with E-state index >= 15 is 0 Å². The summed E-state index contributed by atoms with van der Waals surface area (Å²) in [5, 5.41) is 7.77. The van der Waals surface area contributed by atoms with E-state index in [0.717, 1.165) is 24.4 Å². The summed E-state index contributed by atoms with van der Waals surface area (Å²) in [6.07, 6.45) is 5.94. The van der Waals surface area contributed by atoms with Crippen molar-refractivity contribution in [3.63, 3.8) is 0 Å². The van der Waals surface area contributed by atoms with Crippen LogP contribution in [0, 0.1) is 0 Å². The monoisotopic (exact) mass is 507 g/mol. The smallest absolute Gasteiger partial charge is 0.191 e. The molecule has 5 nitrogen and oxygen atoms in total. The summed E-state index contributed by atoms with van der Waals surface area (Å²) in [5.41, 5.74) is 2.41. The highest BCUT2D eigenvalue weighted by atomic mass is 127. The van der Waals surface area contributed by atoms with E-state index in [-0.39, 0.29) is 24.0 Å². The maximum Gasteiger partial charge on any atom is 0.191 e. The predicted octanol–water partition coefficient (Wildman–Crippen LogP) is 3.81. The molecule has 0 radical (unpaired) electrons. The Morgan fingerprint density at radius 3 is 2.70 bits per heavy atom. The van der Waals surface area contributed by atoms with Gasteiger partial charge in [0.05, 0.1) is 19.8 Å². The quantitative estimate of drug-likeness (QED) is 0.218. The van der Waals surface area contributed by atoms with Crippen molar-refractivity contribution in [1.29, 1.82) is 0 Å². The number of rotatable bonds is 10. The van der Waals surface area contributed by atoms with Crippen LogP contribution in [0.5, 0.6) is 0 Å². The zero-order valence-electron chi connectivity index (χ0n) is 16.7. The number of aliphatic imine (C=N–C) groups is 1. The summed E-state index contributed by atoms with van der Waals surface area (Å²) in [4.78, 5) is 4.37. The van der Waals surface area contributed by atoms with E-state index in [2.05, 4.69) is 46.1 Å². The van der Waals surface area contributed by atoms with Gasteiger partial charge < -0.3 is 20.1 Å². The summed E-state index contributed by atoms with van der Waals surface area (Å²) >= 11 is 1.97. The van der Waals surface area contributed by atoms with Crippen LogP contribution in [-0.2, 0) is 22.6 Å². The summed E-state index contributed by atoms with van der Waals surface area (Å²) in [6.45, 7) is 5.38. The Labute approximate surface area is 185 Å². The molecule has 2 unspecified atom stereocenters. The fourth-order valence-electron chi connectivity index (χ4n) is 3.14. The highest BCUT2D eigenvalue weighted by Crippen LogP contribution is 2.28. The average molecular weight is 507 g/mol. The normalized spacial score (nSPS) is 19.6. The van der Waals surface area contributed by atoms with Gasteiger partial charge in [-0.1, -0.05) is 24.3 Å². The molecule has 1 aliphatic rings. The Morgan fingerprint density at radius 1 is 1.22 bits per heavy atom. The molecule has 2 atom stereocenters. The topological polar surface area (TPSA) is 54.9 Å². The van der Waals surface area contributed by atoms with Crippen LogP contribution in [0.1, 0.15) is 37.3 Å². The summed E-state index contributed by atoms with van der Waals surface area (Å²) in [6, 6.07) is 9.01. The first-order chi connectivity index (χ1) is 12.7. The van der Waals surface area contributed by atoms with Crippen LogP contribution >= 0.6 is 35.7 Å². The summed E-state index contributed by atoms with van der Waals surface area (Å²) in [5.74, 6) is 0.884.